The lowest BCUT2D eigenvalue weighted by atomic mass is 10.2. The molecule has 2 heterocycles. The van der Waals surface area contributed by atoms with Crippen molar-refractivity contribution in [3.05, 3.63) is 89.3 Å². The molecule has 0 radical (unpaired) electrons. The zero-order valence-corrected chi connectivity index (χ0v) is 15.3. The summed E-state index contributed by atoms with van der Waals surface area (Å²) < 4.78 is 7.66. The Labute approximate surface area is 161 Å². The van der Waals surface area contributed by atoms with Crippen molar-refractivity contribution in [3.8, 4) is 11.5 Å². The van der Waals surface area contributed by atoms with E-state index in [9.17, 15) is 4.79 Å². The molecule has 0 aliphatic carbocycles. The lowest BCUT2D eigenvalue weighted by Gasteiger charge is -2.13. The highest BCUT2D eigenvalue weighted by Gasteiger charge is 2.18. The number of nitrogens with one attached hydrogen (secondary N) is 1. The first kappa shape index (κ1) is 17.1. The van der Waals surface area contributed by atoms with Gasteiger partial charge in [0.25, 0.3) is 5.91 Å². The summed E-state index contributed by atoms with van der Waals surface area (Å²) in [7, 11) is 0. The monoisotopic (exact) mass is 377 g/mol. The van der Waals surface area contributed by atoms with E-state index in [1.807, 2.05) is 54.7 Å². The Balaban J connectivity index is 1.68. The minimum Gasteiger partial charge on any atom is -0.455 e. The average molecular weight is 378 g/mol. The molecule has 6 heteroatoms. The second-order valence-electron chi connectivity index (χ2n) is 5.98. The summed E-state index contributed by atoms with van der Waals surface area (Å²) in [6.45, 7) is 1.81. The lowest BCUT2D eigenvalue weighted by molar-refractivity contribution is 0.102. The number of nitrogens with zero attached hydrogens (tertiary/aromatic N) is 2. The summed E-state index contributed by atoms with van der Waals surface area (Å²) in [5, 5.41) is 3.40. The number of hydrogen-bond acceptors (Lipinski definition) is 3. The molecule has 0 saturated heterocycles. The van der Waals surface area contributed by atoms with Crippen molar-refractivity contribution in [2.45, 2.75) is 6.92 Å². The van der Waals surface area contributed by atoms with Gasteiger partial charge < -0.3 is 10.1 Å². The van der Waals surface area contributed by atoms with Gasteiger partial charge in [-0.2, -0.15) is 0 Å². The van der Waals surface area contributed by atoms with E-state index in [2.05, 4.69) is 10.3 Å². The van der Waals surface area contributed by atoms with Gasteiger partial charge in [-0.1, -0.05) is 35.9 Å². The Hall–Kier alpha value is -3.31. The van der Waals surface area contributed by atoms with Gasteiger partial charge in [0.2, 0.25) is 0 Å². The zero-order valence-electron chi connectivity index (χ0n) is 14.5. The number of pyridine rings is 1. The standard InChI is InChI=1S/C21H16ClN3O2/c1-14-20(25-12-6-5-9-19(25)23-14)21(26)24-17-13-15(22)10-11-18(17)27-16-7-3-2-4-8-16/h2-13H,1H3,(H,24,26). The Morgan fingerprint density at radius 2 is 1.85 bits per heavy atom. The Morgan fingerprint density at radius 1 is 1.07 bits per heavy atom. The van der Waals surface area contributed by atoms with Crippen LogP contribution in [0.5, 0.6) is 11.5 Å². The van der Waals surface area contributed by atoms with Crippen LogP contribution in [-0.4, -0.2) is 15.3 Å². The number of rotatable bonds is 4. The second-order valence-corrected chi connectivity index (χ2v) is 6.42. The highest BCUT2D eigenvalue weighted by molar-refractivity contribution is 6.31. The summed E-state index contributed by atoms with van der Waals surface area (Å²) in [5.41, 5.74) is 2.32. The number of carbonyl (C=O) groups excluding carboxylic acids is 1. The fraction of sp³-hybridized carbons (Fsp3) is 0.0476. The SMILES string of the molecule is Cc1nc2ccccn2c1C(=O)Nc1cc(Cl)ccc1Oc1ccccc1. The van der Waals surface area contributed by atoms with Gasteiger partial charge in [-0.05, 0) is 49.4 Å². The van der Waals surface area contributed by atoms with Crippen LogP contribution in [0.15, 0.2) is 72.9 Å². The molecule has 134 valence electrons. The number of benzene rings is 2. The van der Waals surface area contributed by atoms with Crippen molar-refractivity contribution in [1.29, 1.82) is 0 Å². The van der Waals surface area contributed by atoms with Gasteiger partial charge in [-0.3, -0.25) is 9.20 Å². The summed E-state index contributed by atoms with van der Waals surface area (Å²) >= 11 is 6.13. The first-order valence-electron chi connectivity index (χ1n) is 8.39. The third-order valence-corrected chi connectivity index (χ3v) is 4.32. The predicted octanol–water partition coefficient (Wildman–Crippen LogP) is 5.34. The first-order valence-corrected chi connectivity index (χ1v) is 8.77. The van der Waals surface area contributed by atoms with Crippen LogP contribution in [0.3, 0.4) is 0 Å². The molecule has 0 aliphatic heterocycles. The second kappa shape index (κ2) is 7.13. The van der Waals surface area contributed by atoms with Crippen molar-refractivity contribution < 1.29 is 9.53 Å². The number of ether oxygens (including phenoxy) is 1. The third-order valence-electron chi connectivity index (χ3n) is 4.08. The molecular weight excluding hydrogens is 362 g/mol. The number of anilines is 1. The van der Waals surface area contributed by atoms with E-state index < -0.39 is 0 Å². The minimum atomic E-state index is -0.286. The van der Waals surface area contributed by atoms with E-state index in [-0.39, 0.29) is 5.91 Å². The molecular formula is C21H16ClN3O2. The van der Waals surface area contributed by atoms with E-state index in [1.165, 1.54) is 0 Å². The molecule has 1 N–H and O–H groups in total. The molecule has 5 nitrogen and oxygen atoms in total. The van der Waals surface area contributed by atoms with Gasteiger partial charge >= 0.3 is 0 Å². The molecule has 0 atom stereocenters. The molecule has 0 aliphatic rings. The number of fused-ring (bicyclic) bond motifs is 1. The molecule has 0 saturated carbocycles. The van der Waals surface area contributed by atoms with E-state index >= 15 is 0 Å². The number of amides is 1. The topological polar surface area (TPSA) is 55.6 Å². The molecule has 1 amide bonds. The van der Waals surface area contributed by atoms with E-state index in [0.717, 1.165) is 0 Å². The molecule has 0 bridgehead atoms. The molecule has 4 aromatic rings. The number of para-hydroxylation sites is 1. The number of imidazole rings is 1. The number of carbonyl (C=O) groups is 1. The highest BCUT2D eigenvalue weighted by atomic mass is 35.5. The van der Waals surface area contributed by atoms with Gasteiger partial charge in [0.15, 0.2) is 5.75 Å². The Bertz CT molecular complexity index is 1120. The third kappa shape index (κ3) is 3.50. The van der Waals surface area contributed by atoms with Crippen molar-refractivity contribution in [3.63, 3.8) is 0 Å². The molecule has 0 spiro atoms. The predicted molar refractivity (Wildman–Crippen MR) is 106 cm³/mol. The summed E-state index contributed by atoms with van der Waals surface area (Å²) in [6, 6.07) is 20.1. The maximum atomic E-state index is 13.0. The molecule has 2 aromatic heterocycles. The van der Waals surface area contributed by atoms with Gasteiger partial charge in [-0.25, -0.2) is 4.98 Å². The van der Waals surface area contributed by atoms with Crippen LogP contribution >= 0.6 is 11.6 Å². The average Bonchev–Trinajstić information content (AvgIpc) is 3.00. The number of aromatic nitrogens is 2. The van der Waals surface area contributed by atoms with Crippen molar-refractivity contribution in [2.75, 3.05) is 5.32 Å². The lowest BCUT2D eigenvalue weighted by Crippen LogP contribution is -2.16. The van der Waals surface area contributed by atoms with Gasteiger partial charge in [0, 0.05) is 11.2 Å². The maximum absolute atomic E-state index is 13.0. The normalized spacial score (nSPS) is 10.7. The fourth-order valence-corrected chi connectivity index (χ4v) is 3.05. The molecule has 0 unspecified atom stereocenters. The molecule has 27 heavy (non-hydrogen) atoms. The van der Waals surface area contributed by atoms with Gasteiger partial charge in [-0.15, -0.1) is 0 Å². The number of hydrogen-bond donors (Lipinski definition) is 1. The number of halogens is 1. The molecule has 4 rings (SSSR count). The van der Waals surface area contributed by atoms with E-state index in [4.69, 9.17) is 16.3 Å². The van der Waals surface area contributed by atoms with Crippen LogP contribution in [0.25, 0.3) is 5.65 Å². The molecule has 0 fully saturated rings. The van der Waals surface area contributed by atoms with Crippen LogP contribution in [0.2, 0.25) is 5.02 Å². The summed E-state index contributed by atoms with van der Waals surface area (Å²) in [6.07, 6.45) is 1.81. The quantitative estimate of drug-likeness (QED) is 0.522. The van der Waals surface area contributed by atoms with Crippen LogP contribution < -0.4 is 10.1 Å². The maximum Gasteiger partial charge on any atom is 0.274 e. The van der Waals surface area contributed by atoms with Crippen LogP contribution in [-0.2, 0) is 0 Å². The smallest absolute Gasteiger partial charge is 0.274 e. The van der Waals surface area contributed by atoms with Crippen molar-refractivity contribution in [2.24, 2.45) is 0 Å². The Morgan fingerprint density at radius 3 is 2.67 bits per heavy atom. The molecule has 2 aromatic carbocycles. The zero-order chi connectivity index (χ0) is 18.8. The first-order chi connectivity index (χ1) is 13.1. The van der Waals surface area contributed by atoms with Crippen molar-refractivity contribution >= 4 is 28.8 Å². The minimum absolute atomic E-state index is 0.286. The van der Waals surface area contributed by atoms with Crippen LogP contribution in [0.4, 0.5) is 5.69 Å². The van der Waals surface area contributed by atoms with Gasteiger partial charge in [0.05, 0.1) is 11.4 Å². The largest absolute Gasteiger partial charge is 0.455 e. The van der Waals surface area contributed by atoms with Crippen LogP contribution in [0.1, 0.15) is 16.2 Å². The highest BCUT2D eigenvalue weighted by Crippen LogP contribution is 2.32. The van der Waals surface area contributed by atoms with Crippen molar-refractivity contribution in [1.82, 2.24) is 9.38 Å². The van der Waals surface area contributed by atoms with Gasteiger partial charge in [0.1, 0.15) is 17.1 Å². The fourth-order valence-electron chi connectivity index (χ4n) is 2.87. The Kier molecular flexibility index (Phi) is 4.52. The van der Waals surface area contributed by atoms with E-state index in [1.54, 1.807) is 29.5 Å². The summed E-state index contributed by atoms with van der Waals surface area (Å²) in [4.78, 5) is 17.4. The van der Waals surface area contributed by atoms with Crippen LogP contribution in [0, 0.1) is 6.92 Å². The number of aryl methyl sites for hydroxylation is 1. The van der Waals surface area contributed by atoms with E-state index in [0.29, 0.717) is 39.2 Å². The summed E-state index contributed by atoms with van der Waals surface area (Å²) in [5.74, 6) is 0.887.